The van der Waals surface area contributed by atoms with Crippen molar-refractivity contribution in [3.63, 3.8) is 0 Å². The minimum atomic E-state index is 0.124. The van der Waals surface area contributed by atoms with Crippen LogP contribution in [0, 0.1) is 23.2 Å². The molecule has 1 amide bonds. The molecule has 0 heterocycles. The fourth-order valence-electron chi connectivity index (χ4n) is 2.26. The van der Waals surface area contributed by atoms with Crippen molar-refractivity contribution in [1.29, 1.82) is 0 Å². The summed E-state index contributed by atoms with van der Waals surface area (Å²) in [6, 6.07) is 0.188. The molecule has 1 aliphatic rings. The molecule has 1 aliphatic carbocycles. The molecule has 0 saturated heterocycles. The van der Waals surface area contributed by atoms with Gasteiger partial charge in [-0.2, -0.15) is 0 Å². The van der Waals surface area contributed by atoms with Gasteiger partial charge in [0.15, 0.2) is 0 Å². The molecule has 0 bridgehead atoms. The van der Waals surface area contributed by atoms with Gasteiger partial charge in [-0.15, -0.1) is 0 Å². The van der Waals surface area contributed by atoms with Gasteiger partial charge in [-0.05, 0) is 36.5 Å². The van der Waals surface area contributed by atoms with Crippen LogP contribution in [0.4, 0.5) is 0 Å². The number of carbonyl (C=O) groups is 1. The van der Waals surface area contributed by atoms with Gasteiger partial charge in [0.1, 0.15) is 0 Å². The van der Waals surface area contributed by atoms with E-state index in [2.05, 4.69) is 39.9 Å². The highest BCUT2D eigenvalue weighted by Gasteiger charge is 2.30. The molecular weight excluding hydrogens is 224 g/mol. The lowest BCUT2D eigenvalue weighted by atomic mass is 9.78. The topological polar surface area (TPSA) is 55.1 Å². The van der Waals surface area contributed by atoms with Gasteiger partial charge in [0, 0.05) is 18.5 Å². The molecule has 1 saturated carbocycles. The standard InChI is InChI=1S/C15H30N2O/c1-10(2)15(4,5)9-17-14(18)12-7-6-11(3)13(16)8-12/h10-13H,6-9,16H2,1-5H3,(H,17,18). The first kappa shape index (κ1) is 15.5. The van der Waals surface area contributed by atoms with Gasteiger partial charge in [0.05, 0.1) is 0 Å². The summed E-state index contributed by atoms with van der Waals surface area (Å²) in [6.07, 6.45) is 2.91. The molecule has 0 aromatic carbocycles. The lowest BCUT2D eigenvalue weighted by Gasteiger charge is -2.33. The van der Waals surface area contributed by atoms with Crippen LogP contribution >= 0.6 is 0 Å². The van der Waals surface area contributed by atoms with Gasteiger partial charge >= 0.3 is 0 Å². The van der Waals surface area contributed by atoms with Gasteiger partial charge in [-0.1, -0.05) is 34.6 Å². The number of rotatable bonds is 4. The van der Waals surface area contributed by atoms with Crippen LogP contribution < -0.4 is 11.1 Å². The number of hydrogen-bond donors (Lipinski definition) is 2. The van der Waals surface area contributed by atoms with Gasteiger partial charge in [0.25, 0.3) is 0 Å². The average molecular weight is 254 g/mol. The van der Waals surface area contributed by atoms with E-state index in [0.717, 1.165) is 25.8 Å². The third-order valence-electron chi connectivity index (χ3n) is 4.91. The van der Waals surface area contributed by atoms with E-state index in [4.69, 9.17) is 5.73 Å². The largest absolute Gasteiger partial charge is 0.355 e. The first-order chi connectivity index (χ1) is 8.24. The van der Waals surface area contributed by atoms with Crippen LogP contribution in [0.2, 0.25) is 0 Å². The molecule has 1 rings (SSSR count). The van der Waals surface area contributed by atoms with Crippen LogP contribution in [0.1, 0.15) is 53.9 Å². The Bertz CT molecular complexity index is 286. The molecule has 0 spiro atoms. The predicted octanol–water partition coefficient (Wildman–Crippen LogP) is 2.55. The Morgan fingerprint density at radius 2 is 2.00 bits per heavy atom. The summed E-state index contributed by atoms with van der Waals surface area (Å²) in [5.74, 6) is 1.44. The monoisotopic (exact) mass is 254 g/mol. The quantitative estimate of drug-likeness (QED) is 0.810. The van der Waals surface area contributed by atoms with E-state index in [-0.39, 0.29) is 23.3 Å². The lowest BCUT2D eigenvalue weighted by molar-refractivity contribution is -0.127. The van der Waals surface area contributed by atoms with Crippen molar-refractivity contribution in [3.8, 4) is 0 Å². The third kappa shape index (κ3) is 3.98. The van der Waals surface area contributed by atoms with Crippen LogP contribution in [0.5, 0.6) is 0 Å². The van der Waals surface area contributed by atoms with Gasteiger partial charge in [-0.25, -0.2) is 0 Å². The van der Waals surface area contributed by atoms with E-state index >= 15 is 0 Å². The first-order valence-electron chi connectivity index (χ1n) is 7.27. The zero-order valence-electron chi connectivity index (χ0n) is 12.6. The SMILES string of the molecule is CC1CCC(C(=O)NCC(C)(C)C(C)C)CC1N. The second kappa shape index (κ2) is 6.05. The highest BCUT2D eigenvalue weighted by molar-refractivity contribution is 5.78. The second-order valence-electron chi connectivity index (χ2n) is 7.01. The maximum atomic E-state index is 12.2. The van der Waals surface area contributed by atoms with Gasteiger partial charge in [0.2, 0.25) is 5.91 Å². The smallest absolute Gasteiger partial charge is 0.223 e. The summed E-state index contributed by atoms with van der Waals surface area (Å²) in [6.45, 7) is 11.7. The Morgan fingerprint density at radius 3 is 2.50 bits per heavy atom. The van der Waals surface area contributed by atoms with Crippen molar-refractivity contribution in [2.75, 3.05) is 6.54 Å². The Labute approximate surface area is 112 Å². The van der Waals surface area contributed by atoms with Crippen molar-refractivity contribution >= 4 is 5.91 Å². The summed E-state index contributed by atoms with van der Waals surface area (Å²) < 4.78 is 0. The van der Waals surface area contributed by atoms with Crippen LogP contribution in [0.15, 0.2) is 0 Å². The van der Waals surface area contributed by atoms with Crippen molar-refractivity contribution in [2.24, 2.45) is 28.9 Å². The number of carbonyl (C=O) groups excluding carboxylic acids is 1. The highest BCUT2D eigenvalue weighted by atomic mass is 16.1. The number of hydrogen-bond acceptors (Lipinski definition) is 2. The minimum absolute atomic E-state index is 0.124. The van der Waals surface area contributed by atoms with Gasteiger partial charge < -0.3 is 11.1 Å². The molecule has 0 aliphatic heterocycles. The molecule has 3 N–H and O–H groups in total. The van der Waals surface area contributed by atoms with Crippen molar-refractivity contribution in [2.45, 2.75) is 59.9 Å². The van der Waals surface area contributed by atoms with Crippen LogP contribution in [-0.4, -0.2) is 18.5 Å². The van der Waals surface area contributed by atoms with Crippen LogP contribution in [0.25, 0.3) is 0 Å². The molecular formula is C15H30N2O. The Balaban J connectivity index is 2.42. The molecule has 106 valence electrons. The van der Waals surface area contributed by atoms with Crippen molar-refractivity contribution in [3.05, 3.63) is 0 Å². The number of nitrogens with one attached hydrogen (secondary N) is 1. The van der Waals surface area contributed by atoms with E-state index in [0.29, 0.717) is 11.8 Å². The van der Waals surface area contributed by atoms with Gasteiger partial charge in [-0.3, -0.25) is 4.79 Å². The molecule has 3 heteroatoms. The first-order valence-corrected chi connectivity index (χ1v) is 7.27. The molecule has 18 heavy (non-hydrogen) atoms. The lowest BCUT2D eigenvalue weighted by Crippen LogP contribution is -2.44. The molecule has 1 fully saturated rings. The predicted molar refractivity (Wildman–Crippen MR) is 76.1 cm³/mol. The van der Waals surface area contributed by atoms with E-state index in [9.17, 15) is 4.79 Å². The molecule has 3 atom stereocenters. The maximum absolute atomic E-state index is 12.2. The third-order valence-corrected chi connectivity index (χ3v) is 4.91. The molecule has 0 radical (unpaired) electrons. The summed E-state index contributed by atoms with van der Waals surface area (Å²) in [4.78, 5) is 12.2. The second-order valence-corrected chi connectivity index (χ2v) is 7.01. The molecule has 3 unspecified atom stereocenters. The maximum Gasteiger partial charge on any atom is 0.223 e. The Hall–Kier alpha value is -0.570. The minimum Gasteiger partial charge on any atom is -0.355 e. The molecule has 0 aromatic rings. The number of amides is 1. The summed E-state index contributed by atoms with van der Waals surface area (Å²) in [7, 11) is 0. The zero-order chi connectivity index (χ0) is 13.9. The Kier molecular flexibility index (Phi) is 5.20. The fraction of sp³-hybridized carbons (Fsp3) is 0.933. The van der Waals surface area contributed by atoms with E-state index < -0.39 is 0 Å². The average Bonchev–Trinajstić information content (AvgIpc) is 2.29. The zero-order valence-corrected chi connectivity index (χ0v) is 12.6. The molecule has 0 aromatic heterocycles. The van der Waals surface area contributed by atoms with Crippen LogP contribution in [0.3, 0.4) is 0 Å². The molecule has 3 nitrogen and oxygen atoms in total. The summed E-state index contributed by atoms with van der Waals surface area (Å²) in [5, 5.41) is 3.11. The van der Waals surface area contributed by atoms with Crippen molar-refractivity contribution < 1.29 is 4.79 Å². The highest BCUT2D eigenvalue weighted by Crippen LogP contribution is 2.29. The number of nitrogens with two attached hydrogens (primary N) is 1. The van der Waals surface area contributed by atoms with E-state index in [1.807, 2.05) is 0 Å². The fourth-order valence-corrected chi connectivity index (χ4v) is 2.26. The normalized spacial score (nSPS) is 29.4. The van der Waals surface area contributed by atoms with E-state index in [1.165, 1.54) is 0 Å². The van der Waals surface area contributed by atoms with E-state index in [1.54, 1.807) is 0 Å². The summed E-state index contributed by atoms with van der Waals surface area (Å²) in [5.41, 5.74) is 6.21. The Morgan fingerprint density at radius 1 is 1.39 bits per heavy atom. The summed E-state index contributed by atoms with van der Waals surface area (Å²) >= 11 is 0. The van der Waals surface area contributed by atoms with Crippen LogP contribution in [-0.2, 0) is 4.79 Å². The van der Waals surface area contributed by atoms with Crippen molar-refractivity contribution in [1.82, 2.24) is 5.32 Å².